The van der Waals surface area contributed by atoms with E-state index in [1.54, 1.807) is 0 Å². The van der Waals surface area contributed by atoms with Crippen LogP contribution in [0.25, 0.3) is 0 Å². The maximum absolute atomic E-state index is 8.90. The highest BCUT2D eigenvalue weighted by Gasteiger charge is 1.52. The van der Waals surface area contributed by atoms with E-state index < -0.39 is 0 Å². The van der Waals surface area contributed by atoms with Crippen LogP contribution in [0.3, 0.4) is 0 Å². The molecule has 0 N–H and O–H groups in total. The Kier molecular flexibility index (Phi) is 3.10. The molecule has 0 spiro atoms. The van der Waals surface area contributed by atoms with Crippen LogP contribution in [0.1, 0.15) is 0 Å². The van der Waals surface area contributed by atoms with E-state index in [1.165, 1.54) is 0 Å². The van der Waals surface area contributed by atoms with Crippen LogP contribution in [-0.2, 0) is 9.18 Å². The third kappa shape index (κ3) is 3.47. The fraction of sp³-hybridized carbons (Fsp3) is 0. The molecule has 5 heavy (non-hydrogen) atoms. The quantitative estimate of drug-likeness (QED) is 0.268. The Morgan fingerprint density at radius 1 is 2.00 bits per heavy atom. The minimum Gasteiger partial charge on any atom is -0.265 e. The standard InChI is InChI=1S/CClNO2/c2-5-3-1-4. The second-order valence-corrected chi connectivity index (χ2v) is 0.390. The Morgan fingerprint density at radius 2 is 2.60 bits per heavy atom. The minimum absolute atomic E-state index is 1.04. The van der Waals surface area contributed by atoms with Crippen molar-refractivity contribution in [1.82, 2.24) is 0 Å². The largest absolute Gasteiger partial charge is 0.278 e. The Labute approximate surface area is 33.3 Å². The first-order chi connectivity index (χ1) is 2.41. The molecule has 0 rings (SSSR count). The monoisotopic (exact) mass is 93.0 g/mol. The van der Waals surface area contributed by atoms with E-state index in [0.29, 0.717) is 0 Å². The first-order valence-electron chi connectivity index (χ1n) is 0.765. The van der Waals surface area contributed by atoms with Crippen molar-refractivity contribution in [3.63, 3.8) is 0 Å². The molecule has 0 unspecified atom stereocenters. The fourth-order valence-electron chi connectivity index (χ4n) is 0.0141. The molecule has 0 fully saturated rings. The zero-order chi connectivity index (χ0) is 4.12. The summed E-state index contributed by atoms with van der Waals surface area (Å²) >= 11 is 4.37. The van der Waals surface area contributed by atoms with Crippen molar-refractivity contribution in [1.29, 1.82) is 0 Å². The summed E-state index contributed by atoms with van der Waals surface area (Å²) in [6, 6.07) is 0. The third-order valence-electron chi connectivity index (χ3n) is 0.0718. The Hall–Kier alpha value is -0.530. The molecule has 3 nitrogen and oxygen atoms in total. The number of nitrogens with zero attached hydrogens (tertiary/aromatic N) is 1. The second-order valence-electron chi connectivity index (χ2n) is 0.252. The van der Waals surface area contributed by atoms with Crippen molar-refractivity contribution < 1.29 is 9.18 Å². The van der Waals surface area contributed by atoms with Gasteiger partial charge in [-0.05, 0) is 0 Å². The molecule has 28 valence electrons. The lowest BCUT2D eigenvalue weighted by Crippen LogP contribution is -1.48. The van der Waals surface area contributed by atoms with Gasteiger partial charge in [0.05, 0.1) is 0 Å². The van der Waals surface area contributed by atoms with Gasteiger partial charge in [0.2, 0.25) is 0 Å². The van der Waals surface area contributed by atoms with Crippen LogP contribution in [0.2, 0.25) is 0 Å². The molecule has 0 aromatic carbocycles. The average Bonchev–Trinajstić information content (AvgIpc) is 1.41. The smallest absolute Gasteiger partial charge is 0.265 e. The minimum atomic E-state index is 1.04. The predicted molar refractivity (Wildman–Crippen MR) is 15.1 cm³/mol. The molecule has 4 heteroatoms. The third-order valence-corrected chi connectivity index (χ3v) is 0.141. The summed E-state index contributed by atoms with van der Waals surface area (Å²) in [4.78, 5) is 8.90. The van der Waals surface area contributed by atoms with Gasteiger partial charge in [-0.25, -0.2) is 4.79 Å². The van der Waals surface area contributed by atoms with Crippen LogP contribution >= 0.6 is 11.9 Å². The van der Waals surface area contributed by atoms with Gasteiger partial charge in [0.1, 0.15) is 0 Å². The van der Waals surface area contributed by atoms with Gasteiger partial charge < -0.3 is 0 Å². The average molecular weight is 93.5 g/mol. The number of isocyanates is 1. The first-order valence-corrected chi connectivity index (χ1v) is 1.07. The van der Waals surface area contributed by atoms with Gasteiger partial charge in [-0.3, -0.25) is 4.39 Å². The molecule has 0 saturated heterocycles. The van der Waals surface area contributed by atoms with Crippen LogP contribution in [0.4, 0.5) is 0 Å². The van der Waals surface area contributed by atoms with E-state index in [-0.39, 0.29) is 0 Å². The molecule has 0 aliphatic rings. The highest BCUT2D eigenvalue weighted by molar-refractivity contribution is 6.07. The maximum Gasteiger partial charge on any atom is 0.278 e. The van der Waals surface area contributed by atoms with Crippen molar-refractivity contribution in [2.24, 2.45) is 5.16 Å². The molecule has 0 aliphatic carbocycles. The van der Waals surface area contributed by atoms with Crippen LogP contribution < -0.4 is 0 Å². The molecule has 0 aliphatic heterocycles. The van der Waals surface area contributed by atoms with E-state index in [1.807, 2.05) is 0 Å². The van der Waals surface area contributed by atoms with Gasteiger partial charge in [-0.2, -0.15) is 0 Å². The van der Waals surface area contributed by atoms with Crippen LogP contribution in [0.5, 0.6) is 0 Å². The van der Waals surface area contributed by atoms with Gasteiger partial charge >= 0.3 is 0 Å². The van der Waals surface area contributed by atoms with E-state index in [0.717, 1.165) is 6.08 Å². The lowest BCUT2D eigenvalue weighted by molar-refractivity contribution is 0.374. The highest BCUT2D eigenvalue weighted by atomic mass is 35.5. The SMILES string of the molecule is O=C=NOCl. The number of halogens is 1. The summed E-state index contributed by atoms with van der Waals surface area (Å²) in [5, 5.41) is 2.43. The molecular weight excluding hydrogens is 93.5 g/mol. The molecule has 0 radical (unpaired) electrons. The number of rotatable bonds is 1. The van der Waals surface area contributed by atoms with Crippen molar-refractivity contribution in [3.05, 3.63) is 0 Å². The zero-order valence-electron chi connectivity index (χ0n) is 2.14. The topological polar surface area (TPSA) is 38.7 Å². The summed E-state index contributed by atoms with van der Waals surface area (Å²) in [5.74, 6) is 0. The molecule has 0 aromatic rings. The molecule has 0 aromatic heterocycles. The van der Waals surface area contributed by atoms with Crippen LogP contribution in [0, 0.1) is 0 Å². The molecular formula is CClNO2. The second kappa shape index (κ2) is 3.47. The number of hydrogen-bond acceptors (Lipinski definition) is 3. The Bertz CT molecular complexity index is 56.7. The fourth-order valence-corrected chi connectivity index (χ4v) is 0.0423. The summed E-state index contributed by atoms with van der Waals surface area (Å²) in [7, 11) is 0. The van der Waals surface area contributed by atoms with Crippen LogP contribution in [-0.4, -0.2) is 6.08 Å². The van der Waals surface area contributed by atoms with Gasteiger partial charge in [-0.15, -0.1) is 0 Å². The van der Waals surface area contributed by atoms with Gasteiger partial charge in [0, 0.05) is 5.16 Å². The molecule has 0 heterocycles. The van der Waals surface area contributed by atoms with E-state index in [2.05, 4.69) is 21.4 Å². The lowest BCUT2D eigenvalue weighted by atomic mass is 11.7. The zero-order valence-corrected chi connectivity index (χ0v) is 2.90. The van der Waals surface area contributed by atoms with Gasteiger partial charge in [0.15, 0.2) is 11.9 Å². The van der Waals surface area contributed by atoms with E-state index in [4.69, 9.17) is 4.79 Å². The van der Waals surface area contributed by atoms with Crippen molar-refractivity contribution >= 4 is 17.9 Å². The molecule has 0 amide bonds. The number of hydrogen-bond donors (Lipinski definition) is 0. The van der Waals surface area contributed by atoms with Gasteiger partial charge in [0.25, 0.3) is 6.08 Å². The maximum atomic E-state index is 8.90. The Morgan fingerprint density at radius 3 is 2.60 bits per heavy atom. The van der Waals surface area contributed by atoms with Crippen molar-refractivity contribution in [2.75, 3.05) is 0 Å². The summed E-state index contributed by atoms with van der Waals surface area (Å²) < 4.78 is 3.36. The van der Waals surface area contributed by atoms with E-state index >= 15 is 0 Å². The van der Waals surface area contributed by atoms with Gasteiger partial charge in [-0.1, -0.05) is 0 Å². The summed E-state index contributed by atoms with van der Waals surface area (Å²) in [6.45, 7) is 0. The predicted octanol–water partition coefficient (Wildman–Crippen LogP) is 0.408. The number of carbonyl (C=O) groups excluding carboxylic acids is 1. The Balaban J connectivity index is 2.93. The van der Waals surface area contributed by atoms with Crippen molar-refractivity contribution in [2.45, 2.75) is 0 Å². The van der Waals surface area contributed by atoms with Crippen molar-refractivity contribution in [3.8, 4) is 0 Å². The highest BCUT2D eigenvalue weighted by Crippen LogP contribution is 1.72. The van der Waals surface area contributed by atoms with E-state index in [9.17, 15) is 0 Å². The summed E-state index contributed by atoms with van der Waals surface area (Å²) in [5.41, 5.74) is 0. The molecule has 0 bridgehead atoms. The van der Waals surface area contributed by atoms with Crippen LogP contribution in [0.15, 0.2) is 5.16 Å². The molecule has 0 saturated carbocycles. The lowest BCUT2D eigenvalue weighted by Gasteiger charge is -1.60. The summed E-state index contributed by atoms with van der Waals surface area (Å²) in [6.07, 6.45) is 1.04. The molecule has 0 atom stereocenters. The first kappa shape index (κ1) is 4.47. The normalized spacial score (nSPS) is 5.00.